The zero-order valence-corrected chi connectivity index (χ0v) is 25.8. The molecule has 3 amide bonds. The average molecular weight is 617 g/mol. The van der Waals surface area contributed by atoms with Crippen molar-refractivity contribution in [2.75, 3.05) is 31.6 Å². The molecule has 0 aliphatic carbocycles. The average Bonchev–Trinajstić information content (AvgIpc) is 3.49. The maximum Gasteiger partial charge on any atom is 0.253 e. The summed E-state index contributed by atoms with van der Waals surface area (Å²) >= 11 is 3.73. The van der Waals surface area contributed by atoms with Crippen LogP contribution in [0.3, 0.4) is 0 Å². The summed E-state index contributed by atoms with van der Waals surface area (Å²) in [6.45, 7) is 15.9. The Labute approximate surface area is 246 Å². The van der Waals surface area contributed by atoms with Crippen molar-refractivity contribution in [3.05, 3.63) is 54.6 Å². The Morgan fingerprint density at radius 1 is 1.20 bits per heavy atom. The quantitative estimate of drug-likeness (QED) is 0.303. The third kappa shape index (κ3) is 4.84. The second-order valence-electron chi connectivity index (χ2n) is 11.9. The Balaban J connectivity index is 1.89. The first kappa shape index (κ1) is 30.5. The van der Waals surface area contributed by atoms with Gasteiger partial charge in [0.1, 0.15) is 11.6 Å². The third-order valence-corrected chi connectivity index (χ3v) is 9.50. The molecular formula is C31H42BrN3O5. The molecule has 3 saturated heterocycles. The van der Waals surface area contributed by atoms with Gasteiger partial charge < -0.3 is 24.5 Å². The molecule has 3 heterocycles. The summed E-state index contributed by atoms with van der Waals surface area (Å²) in [6.07, 6.45) is 3.69. The van der Waals surface area contributed by atoms with Crippen LogP contribution in [0, 0.1) is 31.6 Å². The van der Waals surface area contributed by atoms with E-state index in [1.807, 2.05) is 45.9 Å². The Hall–Kier alpha value is -2.49. The molecule has 8 nitrogen and oxygen atoms in total. The highest BCUT2D eigenvalue weighted by atomic mass is 79.9. The standard InChI is InChI=1S/C31H42BrN3O5/c1-8-13-33(7)28(37)23-24-29(38)35(21(17-36)15-18(3)4)27(31(24)16-22(32)26(23)40-31)30(39)34(14-9-2)25-19(5)11-10-12-20(25)6/h8-12,18,21-24,26-27,36H,1-2,13-17H2,3-7H3/t21-,22?,23-,24+,26-,27?,31?/m1/s1. The fourth-order valence-electron chi connectivity index (χ4n) is 7.18. The summed E-state index contributed by atoms with van der Waals surface area (Å²) in [5.41, 5.74) is 1.42. The van der Waals surface area contributed by atoms with Crippen molar-refractivity contribution in [1.82, 2.24) is 9.80 Å². The predicted molar refractivity (Wildman–Crippen MR) is 159 cm³/mol. The van der Waals surface area contributed by atoms with Gasteiger partial charge in [-0.3, -0.25) is 14.4 Å². The topological polar surface area (TPSA) is 90.4 Å². The number of halogens is 1. The van der Waals surface area contributed by atoms with Crippen LogP contribution in [-0.2, 0) is 19.1 Å². The van der Waals surface area contributed by atoms with Crippen molar-refractivity contribution in [2.24, 2.45) is 17.8 Å². The number of amides is 3. The van der Waals surface area contributed by atoms with E-state index in [0.29, 0.717) is 19.4 Å². The van der Waals surface area contributed by atoms with Gasteiger partial charge in [-0.1, -0.05) is 60.1 Å². The molecule has 218 valence electrons. The van der Waals surface area contributed by atoms with Crippen LogP contribution in [0.25, 0.3) is 0 Å². The molecule has 1 spiro atoms. The molecule has 1 aromatic carbocycles. The highest BCUT2D eigenvalue weighted by molar-refractivity contribution is 9.09. The number of aliphatic hydroxyl groups is 1. The zero-order chi connectivity index (χ0) is 29.5. The number of para-hydroxylation sites is 1. The van der Waals surface area contributed by atoms with Gasteiger partial charge in [0, 0.05) is 30.7 Å². The largest absolute Gasteiger partial charge is 0.394 e. The van der Waals surface area contributed by atoms with Crippen LogP contribution in [-0.4, -0.2) is 88.0 Å². The summed E-state index contributed by atoms with van der Waals surface area (Å²) in [5.74, 6) is -2.20. The van der Waals surface area contributed by atoms with Gasteiger partial charge in [0.05, 0.1) is 30.6 Å². The summed E-state index contributed by atoms with van der Waals surface area (Å²) in [7, 11) is 1.69. The molecule has 3 aliphatic heterocycles. The molecule has 2 bridgehead atoms. The van der Waals surface area contributed by atoms with Crippen molar-refractivity contribution in [3.8, 4) is 0 Å². The molecule has 40 heavy (non-hydrogen) atoms. The molecule has 7 atom stereocenters. The minimum atomic E-state index is -1.21. The summed E-state index contributed by atoms with van der Waals surface area (Å²) < 4.78 is 6.68. The first-order chi connectivity index (χ1) is 18.9. The first-order valence-electron chi connectivity index (χ1n) is 14.0. The molecule has 0 aromatic heterocycles. The van der Waals surface area contributed by atoms with Crippen molar-refractivity contribution in [3.63, 3.8) is 0 Å². The lowest BCUT2D eigenvalue weighted by molar-refractivity contribution is -0.147. The summed E-state index contributed by atoms with van der Waals surface area (Å²) in [4.78, 5) is 47.7. The summed E-state index contributed by atoms with van der Waals surface area (Å²) in [6, 6.07) is 4.25. The van der Waals surface area contributed by atoms with E-state index in [1.54, 1.807) is 33.9 Å². The van der Waals surface area contributed by atoms with Gasteiger partial charge in [0.2, 0.25) is 11.8 Å². The van der Waals surface area contributed by atoms with E-state index in [2.05, 4.69) is 29.1 Å². The number of nitrogens with zero attached hydrogens (tertiary/aromatic N) is 3. The molecule has 9 heteroatoms. The summed E-state index contributed by atoms with van der Waals surface area (Å²) in [5, 5.41) is 10.5. The Kier molecular flexibility index (Phi) is 8.97. The van der Waals surface area contributed by atoms with Crippen LogP contribution >= 0.6 is 15.9 Å². The fourth-order valence-corrected chi connectivity index (χ4v) is 8.12. The third-order valence-electron chi connectivity index (χ3n) is 8.66. The van der Waals surface area contributed by atoms with Crippen LogP contribution in [0.15, 0.2) is 43.5 Å². The molecule has 1 N–H and O–H groups in total. The Morgan fingerprint density at radius 3 is 2.38 bits per heavy atom. The minimum Gasteiger partial charge on any atom is -0.394 e. The number of ether oxygens (including phenoxy) is 1. The number of fused-ring (bicyclic) bond motifs is 1. The number of likely N-dealkylation sites (N-methyl/N-ethyl adjacent to an activating group) is 1. The first-order valence-corrected chi connectivity index (χ1v) is 15.0. The molecule has 3 fully saturated rings. The van der Waals surface area contributed by atoms with E-state index in [1.165, 1.54) is 0 Å². The molecular weight excluding hydrogens is 574 g/mol. The number of carbonyl (C=O) groups excluding carboxylic acids is 3. The van der Waals surface area contributed by atoms with E-state index in [4.69, 9.17) is 4.74 Å². The van der Waals surface area contributed by atoms with Crippen LogP contribution in [0.5, 0.6) is 0 Å². The predicted octanol–water partition coefficient (Wildman–Crippen LogP) is 3.62. The minimum absolute atomic E-state index is 0.166. The number of likely N-dealkylation sites (tertiary alicyclic amines) is 1. The van der Waals surface area contributed by atoms with Gasteiger partial charge >= 0.3 is 0 Å². The SMILES string of the molecule is C=CCN(C)C(=O)[C@H]1[C@@H]2OC3(CC2Br)C(C(=O)N(CC=C)c2c(C)cccc2C)N([C@@H](CO)CC(C)C)C(=O)[C@H]13. The lowest BCUT2D eigenvalue weighted by atomic mass is 9.70. The van der Waals surface area contributed by atoms with Gasteiger partial charge in [-0.2, -0.15) is 0 Å². The number of alkyl halides is 1. The van der Waals surface area contributed by atoms with E-state index in [0.717, 1.165) is 16.8 Å². The number of carbonyl (C=O) groups is 3. The molecule has 3 aliphatic rings. The maximum absolute atomic E-state index is 14.8. The molecule has 4 rings (SSSR count). The lowest BCUT2D eigenvalue weighted by Gasteiger charge is -2.40. The monoisotopic (exact) mass is 615 g/mol. The van der Waals surface area contributed by atoms with E-state index >= 15 is 0 Å². The van der Waals surface area contributed by atoms with E-state index in [9.17, 15) is 19.5 Å². The van der Waals surface area contributed by atoms with E-state index < -0.39 is 35.6 Å². The number of anilines is 1. The second-order valence-corrected chi connectivity index (χ2v) is 13.0. The Bertz CT molecular complexity index is 1170. The van der Waals surface area contributed by atoms with Crippen molar-refractivity contribution in [1.29, 1.82) is 0 Å². The van der Waals surface area contributed by atoms with E-state index in [-0.39, 0.29) is 41.6 Å². The van der Waals surface area contributed by atoms with Gasteiger partial charge in [0.25, 0.3) is 5.91 Å². The number of benzene rings is 1. The number of aryl methyl sites for hydroxylation is 2. The number of aliphatic hydroxyl groups excluding tert-OH is 1. The van der Waals surface area contributed by atoms with Crippen LogP contribution < -0.4 is 4.90 Å². The van der Waals surface area contributed by atoms with Crippen LogP contribution in [0.4, 0.5) is 5.69 Å². The highest BCUT2D eigenvalue weighted by Gasteiger charge is 2.77. The smallest absolute Gasteiger partial charge is 0.253 e. The van der Waals surface area contributed by atoms with Crippen molar-refractivity contribution < 1.29 is 24.2 Å². The maximum atomic E-state index is 14.8. The van der Waals surface area contributed by atoms with Crippen LogP contribution in [0.2, 0.25) is 0 Å². The van der Waals surface area contributed by atoms with Crippen LogP contribution in [0.1, 0.15) is 37.8 Å². The van der Waals surface area contributed by atoms with Gasteiger partial charge in [0.15, 0.2) is 0 Å². The molecule has 3 unspecified atom stereocenters. The lowest BCUT2D eigenvalue weighted by Crippen LogP contribution is -2.59. The number of hydrogen-bond acceptors (Lipinski definition) is 5. The van der Waals surface area contributed by atoms with Gasteiger partial charge in [-0.05, 0) is 43.7 Å². The highest BCUT2D eigenvalue weighted by Crippen LogP contribution is 2.61. The number of rotatable bonds is 11. The normalized spacial score (nSPS) is 29.4. The van der Waals surface area contributed by atoms with Gasteiger partial charge in [-0.25, -0.2) is 0 Å². The second kappa shape index (κ2) is 11.8. The van der Waals surface area contributed by atoms with Crippen molar-refractivity contribution in [2.45, 2.75) is 69.2 Å². The molecule has 0 radical (unpaired) electrons. The Morgan fingerprint density at radius 2 is 1.82 bits per heavy atom. The van der Waals surface area contributed by atoms with Gasteiger partial charge in [-0.15, -0.1) is 13.2 Å². The number of hydrogen-bond donors (Lipinski definition) is 1. The zero-order valence-electron chi connectivity index (χ0n) is 24.2. The molecule has 1 aromatic rings. The van der Waals surface area contributed by atoms with Crippen molar-refractivity contribution >= 4 is 39.3 Å². The fraction of sp³-hybridized carbons (Fsp3) is 0.581. The molecule has 0 saturated carbocycles.